The average molecular weight is 426 g/mol. The first-order valence-corrected chi connectivity index (χ1v) is 12.5. The molecule has 0 radical (unpaired) electrons. The van der Waals surface area contributed by atoms with Gasteiger partial charge >= 0.3 is 5.97 Å². The molecule has 0 N–H and O–H groups in total. The van der Waals surface area contributed by atoms with Crippen molar-refractivity contribution in [2.45, 2.75) is 56.0 Å². The van der Waals surface area contributed by atoms with E-state index >= 15 is 0 Å². The Bertz CT molecular complexity index is 818. The van der Waals surface area contributed by atoms with E-state index in [0.29, 0.717) is 6.42 Å². The van der Waals surface area contributed by atoms with Crippen LogP contribution in [0.4, 0.5) is 0 Å². The highest BCUT2D eigenvalue weighted by Gasteiger charge is 2.39. The normalized spacial score (nSPS) is 21.5. The van der Waals surface area contributed by atoms with Gasteiger partial charge in [-0.25, -0.2) is 8.42 Å². The maximum Gasteiger partial charge on any atom is 0.316 e. The van der Waals surface area contributed by atoms with E-state index in [-0.39, 0.29) is 41.9 Å². The summed E-state index contributed by atoms with van der Waals surface area (Å²) in [6.45, 7) is 1.66. The highest BCUT2D eigenvalue weighted by Crippen LogP contribution is 2.29. The minimum absolute atomic E-state index is 0.0202. The van der Waals surface area contributed by atoms with Crippen LogP contribution in [0.1, 0.15) is 37.7 Å². The Morgan fingerprint density at radius 1 is 1.14 bits per heavy atom. The number of rotatable bonds is 7. The molecule has 0 spiro atoms. The Hall–Kier alpha value is -1.54. The monoisotopic (exact) mass is 425 g/mol. The van der Waals surface area contributed by atoms with Crippen molar-refractivity contribution in [3.05, 3.63) is 29.8 Å². The maximum absolute atomic E-state index is 12.8. The van der Waals surface area contributed by atoms with Crippen LogP contribution in [0.25, 0.3) is 0 Å². The van der Waals surface area contributed by atoms with E-state index in [1.165, 1.54) is 11.8 Å². The van der Waals surface area contributed by atoms with Crippen LogP contribution in [0.15, 0.2) is 29.2 Å². The van der Waals surface area contributed by atoms with E-state index in [0.717, 1.165) is 36.1 Å². The minimum atomic E-state index is -3.08. The van der Waals surface area contributed by atoms with Crippen LogP contribution in [0.2, 0.25) is 0 Å². The van der Waals surface area contributed by atoms with Crippen LogP contribution in [0.5, 0.6) is 0 Å². The van der Waals surface area contributed by atoms with Gasteiger partial charge in [0.1, 0.15) is 0 Å². The fourth-order valence-electron chi connectivity index (χ4n) is 4.00. The third-order valence-corrected chi connectivity index (χ3v) is 8.30. The third-order valence-electron chi connectivity index (χ3n) is 5.40. The summed E-state index contributed by atoms with van der Waals surface area (Å²) in [6.07, 6.45) is 4.34. The van der Waals surface area contributed by atoms with Gasteiger partial charge in [-0.3, -0.25) is 9.59 Å². The molecule has 1 aromatic carbocycles. The second-order valence-corrected chi connectivity index (χ2v) is 10.8. The molecule has 1 unspecified atom stereocenters. The second kappa shape index (κ2) is 9.31. The highest BCUT2D eigenvalue weighted by atomic mass is 32.2. The standard InChI is InChI=1S/C20H27NO5S2/c1-15-6-2-5-9-18(15)27-13-20(23)26-12-19(22)21(16-7-3-4-8-16)17-10-11-28(24,25)14-17/h2,5-6,9,16-17H,3-4,7-8,10-14H2,1H3. The van der Waals surface area contributed by atoms with Crippen LogP contribution < -0.4 is 0 Å². The number of thioether (sulfide) groups is 1. The van der Waals surface area contributed by atoms with E-state index < -0.39 is 15.8 Å². The molecule has 1 aromatic rings. The number of benzene rings is 1. The molecule has 2 fully saturated rings. The van der Waals surface area contributed by atoms with Gasteiger partial charge in [0.15, 0.2) is 16.4 Å². The quantitative estimate of drug-likeness (QED) is 0.493. The number of esters is 1. The second-order valence-electron chi connectivity index (χ2n) is 7.51. The lowest BCUT2D eigenvalue weighted by molar-refractivity contribution is -0.152. The fourth-order valence-corrected chi connectivity index (χ4v) is 6.53. The smallest absolute Gasteiger partial charge is 0.316 e. The number of carbonyl (C=O) groups excluding carboxylic acids is 2. The number of ether oxygens (including phenoxy) is 1. The largest absolute Gasteiger partial charge is 0.455 e. The van der Waals surface area contributed by atoms with Crippen molar-refractivity contribution >= 4 is 33.5 Å². The van der Waals surface area contributed by atoms with Crippen LogP contribution in [-0.2, 0) is 24.2 Å². The molecule has 1 atom stereocenters. The van der Waals surface area contributed by atoms with E-state index in [4.69, 9.17) is 4.74 Å². The lowest BCUT2D eigenvalue weighted by Gasteiger charge is -2.33. The van der Waals surface area contributed by atoms with E-state index in [1.54, 1.807) is 4.90 Å². The summed E-state index contributed by atoms with van der Waals surface area (Å²) in [5, 5.41) is 0. The first-order chi connectivity index (χ1) is 13.4. The van der Waals surface area contributed by atoms with Crippen LogP contribution in [-0.4, -0.2) is 61.1 Å². The molecule has 6 nitrogen and oxygen atoms in total. The zero-order chi connectivity index (χ0) is 20.1. The summed E-state index contributed by atoms with van der Waals surface area (Å²) in [7, 11) is -3.08. The molecule has 1 saturated carbocycles. The van der Waals surface area contributed by atoms with Crippen LogP contribution in [0.3, 0.4) is 0 Å². The molecule has 2 aliphatic rings. The Morgan fingerprint density at radius 3 is 2.50 bits per heavy atom. The van der Waals surface area contributed by atoms with Crippen molar-refractivity contribution in [1.29, 1.82) is 0 Å². The van der Waals surface area contributed by atoms with Gasteiger partial charge in [0.05, 0.1) is 17.3 Å². The molecule has 0 bridgehead atoms. The SMILES string of the molecule is Cc1ccccc1SCC(=O)OCC(=O)N(C1CCCC1)C1CCS(=O)(=O)C1. The molecule has 1 amide bonds. The molecule has 1 aliphatic carbocycles. The summed E-state index contributed by atoms with van der Waals surface area (Å²) < 4.78 is 29.0. The van der Waals surface area contributed by atoms with E-state index in [9.17, 15) is 18.0 Å². The molecule has 1 saturated heterocycles. The molecule has 154 valence electrons. The minimum Gasteiger partial charge on any atom is -0.455 e. The lowest BCUT2D eigenvalue weighted by atomic mass is 10.1. The van der Waals surface area contributed by atoms with E-state index in [1.807, 2.05) is 31.2 Å². The van der Waals surface area contributed by atoms with Crippen LogP contribution >= 0.6 is 11.8 Å². The van der Waals surface area contributed by atoms with Gasteiger partial charge in [0.25, 0.3) is 5.91 Å². The van der Waals surface area contributed by atoms with Gasteiger partial charge in [0, 0.05) is 17.0 Å². The third kappa shape index (κ3) is 5.50. The average Bonchev–Trinajstić information content (AvgIpc) is 3.29. The number of hydrogen-bond acceptors (Lipinski definition) is 6. The van der Waals surface area contributed by atoms with Gasteiger partial charge in [-0.15, -0.1) is 11.8 Å². The number of nitrogens with zero attached hydrogens (tertiary/aromatic N) is 1. The summed E-state index contributed by atoms with van der Waals surface area (Å²) in [6, 6.07) is 7.55. The number of amides is 1. The van der Waals surface area contributed by atoms with Crippen LogP contribution in [0, 0.1) is 6.92 Å². The summed E-state index contributed by atoms with van der Waals surface area (Å²) >= 11 is 1.39. The van der Waals surface area contributed by atoms with Crippen molar-refractivity contribution in [1.82, 2.24) is 4.90 Å². The number of hydrogen-bond donors (Lipinski definition) is 0. The first kappa shape index (κ1) is 21.2. The van der Waals surface area contributed by atoms with Crippen molar-refractivity contribution in [2.75, 3.05) is 23.9 Å². The highest BCUT2D eigenvalue weighted by molar-refractivity contribution is 8.00. The summed E-state index contributed by atoms with van der Waals surface area (Å²) in [5.41, 5.74) is 1.09. The Labute approximate surface area is 170 Å². The maximum atomic E-state index is 12.8. The Kier molecular flexibility index (Phi) is 7.04. The molecule has 3 rings (SSSR count). The van der Waals surface area contributed by atoms with Gasteiger partial charge in [0.2, 0.25) is 0 Å². The van der Waals surface area contributed by atoms with Gasteiger partial charge in [-0.1, -0.05) is 31.0 Å². The summed E-state index contributed by atoms with van der Waals surface area (Å²) in [4.78, 5) is 27.6. The topological polar surface area (TPSA) is 80.8 Å². The predicted molar refractivity (Wildman–Crippen MR) is 109 cm³/mol. The fraction of sp³-hybridized carbons (Fsp3) is 0.600. The Morgan fingerprint density at radius 2 is 1.86 bits per heavy atom. The molecular weight excluding hydrogens is 398 g/mol. The first-order valence-electron chi connectivity index (χ1n) is 9.71. The zero-order valence-electron chi connectivity index (χ0n) is 16.1. The lowest BCUT2D eigenvalue weighted by Crippen LogP contribution is -2.48. The predicted octanol–water partition coefficient (Wildman–Crippen LogP) is 2.59. The molecule has 1 heterocycles. The zero-order valence-corrected chi connectivity index (χ0v) is 17.8. The number of carbonyl (C=O) groups is 2. The summed E-state index contributed by atoms with van der Waals surface area (Å²) in [5.74, 6) is -0.428. The van der Waals surface area contributed by atoms with Crippen molar-refractivity contribution in [3.8, 4) is 0 Å². The van der Waals surface area contributed by atoms with Crippen molar-refractivity contribution in [2.24, 2.45) is 0 Å². The molecular formula is C20H27NO5S2. The van der Waals surface area contributed by atoms with Crippen molar-refractivity contribution < 1.29 is 22.7 Å². The number of sulfone groups is 1. The molecule has 28 heavy (non-hydrogen) atoms. The number of aryl methyl sites for hydroxylation is 1. The van der Waals surface area contributed by atoms with Gasteiger partial charge in [-0.2, -0.15) is 0 Å². The molecule has 8 heteroatoms. The Balaban J connectivity index is 1.54. The molecule has 1 aliphatic heterocycles. The van der Waals surface area contributed by atoms with Gasteiger partial charge in [-0.05, 0) is 37.8 Å². The van der Waals surface area contributed by atoms with Crippen molar-refractivity contribution in [3.63, 3.8) is 0 Å². The molecule has 0 aromatic heterocycles. The van der Waals surface area contributed by atoms with E-state index in [2.05, 4.69) is 0 Å². The van der Waals surface area contributed by atoms with Gasteiger partial charge < -0.3 is 9.64 Å².